The highest BCUT2D eigenvalue weighted by molar-refractivity contribution is 4.92. The number of hydrogen-bond donors (Lipinski definition) is 2. The number of hydrogen-bond acceptors (Lipinski definition) is 4. The van der Waals surface area contributed by atoms with Crippen molar-refractivity contribution in [2.45, 2.75) is 56.6 Å². The summed E-state index contributed by atoms with van der Waals surface area (Å²) in [6.45, 7) is 3.92. The van der Waals surface area contributed by atoms with E-state index in [1.807, 2.05) is 0 Å². The molecule has 2 heterocycles. The number of rotatable bonds is 7. The van der Waals surface area contributed by atoms with Gasteiger partial charge in [-0.05, 0) is 32.2 Å². The second-order valence-corrected chi connectivity index (χ2v) is 5.62. The topological polar surface area (TPSA) is 50.7 Å². The Morgan fingerprint density at radius 3 is 2.83 bits per heavy atom. The Morgan fingerprint density at radius 1 is 1.17 bits per heavy atom. The van der Waals surface area contributed by atoms with E-state index >= 15 is 0 Å². The van der Waals surface area contributed by atoms with E-state index < -0.39 is 0 Å². The molecule has 2 aliphatic heterocycles. The van der Waals surface area contributed by atoms with Crippen LogP contribution in [0.2, 0.25) is 0 Å². The number of ether oxygens (including phenoxy) is 2. The first-order valence-corrected chi connectivity index (χ1v) is 7.41. The molecule has 2 rings (SSSR count). The second-order valence-electron chi connectivity index (χ2n) is 5.62. The summed E-state index contributed by atoms with van der Waals surface area (Å²) in [4.78, 5) is 0. The fraction of sp³-hybridized carbons (Fsp3) is 1.00. The number of nitrogens with one attached hydrogen (secondary N) is 1. The van der Waals surface area contributed by atoms with E-state index in [-0.39, 0.29) is 5.60 Å². The lowest BCUT2D eigenvalue weighted by Crippen LogP contribution is -2.47. The maximum atomic E-state index is 8.70. The number of unbranched alkanes of at least 4 members (excludes halogenated alkanes) is 3. The molecule has 2 aliphatic rings. The largest absolute Gasteiger partial charge is 0.396 e. The van der Waals surface area contributed by atoms with Gasteiger partial charge >= 0.3 is 0 Å². The maximum absolute atomic E-state index is 8.70. The Labute approximate surface area is 110 Å². The smallest absolute Gasteiger partial charge is 0.0951 e. The Bertz CT molecular complexity index is 229. The predicted molar refractivity (Wildman–Crippen MR) is 70.7 cm³/mol. The molecule has 0 saturated carbocycles. The zero-order valence-corrected chi connectivity index (χ0v) is 11.3. The van der Waals surface area contributed by atoms with Crippen LogP contribution >= 0.6 is 0 Å². The summed E-state index contributed by atoms with van der Waals surface area (Å²) in [5.41, 5.74) is 0.0206. The van der Waals surface area contributed by atoms with E-state index in [1.54, 1.807) is 0 Å². The molecular formula is C14H27NO3. The Hall–Kier alpha value is -0.160. The van der Waals surface area contributed by atoms with Gasteiger partial charge in [0.15, 0.2) is 0 Å². The molecule has 1 spiro atoms. The first kappa shape index (κ1) is 14.3. The summed E-state index contributed by atoms with van der Waals surface area (Å²) < 4.78 is 11.4. The molecular weight excluding hydrogens is 230 g/mol. The molecule has 0 aromatic heterocycles. The predicted octanol–water partition coefficient (Wildman–Crippen LogP) is 1.47. The van der Waals surface area contributed by atoms with Crippen LogP contribution in [0.4, 0.5) is 0 Å². The van der Waals surface area contributed by atoms with Gasteiger partial charge in [0, 0.05) is 32.3 Å². The third-order valence-corrected chi connectivity index (χ3v) is 4.08. The van der Waals surface area contributed by atoms with Crippen molar-refractivity contribution in [1.29, 1.82) is 0 Å². The van der Waals surface area contributed by atoms with Gasteiger partial charge in [0.25, 0.3) is 0 Å². The van der Waals surface area contributed by atoms with Gasteiger partial charge in [0.1, 0.15) is 0 Å². The summed E-state index contributed by atoms with van der Waals surface area (Å²) in [5, 5.41) is 12.4. The lowest BCUT2D eigenvalue weighted by Gasteiger charge is -2.37. The van der Waals surface area contributed by atoms with Crippen LogP contribution < -0.4 is 5.32 Å². The van der Waals surface area contributed by atoms with Gasteiger partial charge in [-0.1, -0.05) is 12.8 Å². The molecule has 2 N–H and O–H groups in total. The maximum Gasteiger partial charge on any atom is 0.0951 e. The van der Waals surface area contributed by atoms with Crippen LogP contribution in [0, 0.1) is 0 Å². The molecule has 4 nitrogen and oxygen atoms in total. The molecule has 0 bridgehead atoms. The molecule has 106 valence electrons. The van der Waals surface area contributed by atoms with E-state index in [0.29, 0.717) is 12.6 Å². The minimum Gasteiger partial charge on any atom is -0.396 e. The number of aliphatic hydroxyl groups excluding tert-OH is 1. The van der Waals surface area contributed by atoms with Gasteiger partial charge in [-0.3, -0.25) is 0 Å². The molecule has 4 heteroatoms. The molecule has 2 atom stereocenters. The SMILES string of the molecule is OCCCCCCNC1CCOC2(CCOC2)C1. The minimum absolute atomic E-state index is 0.0206. The average Bonchev–Trinajstić information content (AvgIpc) is 2.82. The molecule has 0 amide bonds. The monoisotopic (exact) mass is 257 g/mol. The van der Waals surface area contributed by atoms with Gasteiger partial charge in [-0.2, -0.15) is 0 Å². The first-order chi connectivity index (χ1) is 8.85. The van der Waals surface area contributed by atoms with Crippen molar-refractivity contribution in [3.8, 4) is 0 Å². The summed E-state index contributed by atoms with van der Waals surface area (Å²) >= 11 is 0. The average molecular weight is 257 g/mol. The van der Waals surface area contributed by atoms with E-state index in [9.17, 15) is 0 Å². The summed E-state index contributed by atoms with van der Waals surface area (Å²) in [6, 6.07) is 0.596. The van der Waals surface area contributed by atoms with Gasteiger partial charge in [0.2, 0.25) is 0 Å². The normalized spacial score (nSPS) is 32.2. The molecule has 0 aromatic rings. The zero-order valence-electron chi connectivity index (χ0n) is 11.3. The quantitative estimate of drug-likeness (QED) is 0.678. The number of aliphatic hydroxyl groups is 1. The van der Waals surface area contributed by atoms with E-state index in [0.717, 1.165) is 58.5 Å². The van der Waals surface area contributed by atoms with Crippen molar-refractivity contribution >= 4 is 0 Å². The van der Waals surface area contributed by atoms with Gasteiger partial charge < -0.3 is 19.9 Å². The fourth-order valence-corrected chi connectivity index (χ4v) is 2.96. The van der Waals surface area contributed by atoms with E-state index in [4.69, 9.17) is 14.6 Å². The van der Waals surface area contributed by atoms with Crippen molar-refractivity contribution in [2.75, 3.05) is 33.0 Å². The molecule has 2 unspecified atom stereocenters. The molecule has 0 radical (unpaired) electrons. The molecule has 18 heavy (non-hydrogen) atoms. The van der Waals surface area contributed by atoms with Gasteiger partial charge in [-0.25, -0.2) is 0 Å². The summed E-state index contributed by atoms with van der Waals surface area (Å²) in [6.07, 6.45) is 7.79. The third kappa shape index (κ3) is 4.19. The van der Waals surface area contributed by atoms with Crippen LogP contribution in [0.1, 0.15) is 44.9 Å². The van der Waals surface area contributed by atoms with Crippen molar-refractivity contribution in [2.24, 2.45) is 0 Å². The lowest BCUT2D eigenvalue weighted by molar-refractivity contribution is -0.0892. The van der Waals surface area contributed by atoms with Crippen LogP contribution in [-0.4, -0.2) is 49.7 Å². The van der Waals surface area contributed by atoms with E-state index in [1.165, 1.54) is 12.8 Å². The first-order valence-electron chi connectivity index (χ1n) is 7.41. The fourth-order valence-electron chi connectivity index (χ4n) is 2.96. The van der Waals surface area contributed by atoms with Gasteiger partial charge in [-0.15, -0.1) is 0 Å². The Kier molecular flexibility index (Phi) is 5.89. The van der Waals surface area contributed by atoms with Crippen molar-refractivity contribution in [1.82, 2.24) is 5.32 Å². The summed E-state index contributed by atoms with van der Waals surface area (Å²) in [5.74, 6) is 0. The molecule has 2 saturated heterocycles. The Balaban J connectivity index is 1.58. The van der Waals surface area contributed by atoms with Crippen molar-refractivity contribution in [3.05, 3.63) is 0 Å². The second kappa shape index (κ2) is 7.43. The van der Waals surface area contributed by atoms with Crippen LogP contribution in [-0.2, 0) is 9.47 Å². The van der Waals surface area contributed by atoms with Crippen LogP contribution in [0.3, 0.4) is 0 Å². The highest BCUT2D eigenvalue weighted by Crippen LogP contribution is 2.32. The van der Waals surface area contributed by atoms with E-state index in [2.05, 4.69) is 5.32 Å². The highest BCUT2D eigenvalue weighted by atomic mass is 16.6. The molecule has 2 fully saturated rings. The minimum atomic E-state index is 0.0206. The zero-order chi connectivity index (χ0) is 12.7. The van der Waals surface area contributed by atoms with Crippen molar-refractivity contribution in [3.63, 3.8) is 0 Å². The molecule has 0 aliphatic carbocycles. The van der Waals surface area contributed by atoms with Gasteiger partial charge in [0.05, 0.1) is 12.2 Å². The molecule has 0 aromatic carbocycles. The van der Waals surface area contributed by atoms with Crippen LogP contribution in [0.15, 0.2) is 0 Å². The van der Waals surface area contributed by atoms with Crippen LogP contribution in [0.5, 0.6) is 0 Å². The standard InChI is InChI=1S/C14H27NO3/c16-8-4-2-1-3-7-15-13-5-9-18-14(11-13)6-10-17-12-14/h13,15-16H,1-12H2. The Morgan fingerprint density at radius 2 is 2.06 bits per heavy atom. The van der Waals surface area contributed by atoms with Crippen molar-refractivity contribution < 1.29 is 14.6 Å². The highest BCUT2D eigenvalue weighted by Gasteiger charge is 2.40. The van der Waals surface area contributed by atoms with Crippen LogP contribution in [0.25, 0.3) is 0 Å². The summed E-state index contributed by atoms with van der Waals surface area (Å²) in [7, 11) is 0. The third-order valence-electron chi connectivity index (χ3n) is 4.08. The lowest BCUT2D eigenvalue weighted by atomic mass is 9.89.